The van der Waals surface area contributed by atoms with Crippen molar-refractivity contribution in [3.63, 3.8) is 0 Å². The van der Waals surface area contributed by atoms with Crippen molar-refractivity contribution >= 4 is 29.1 Å². The van der Waals surface area contributed by atoms with Gasteiger partial charge in [-0.3, -0.25) is 19.1 Å². The lowest BCUT2D eigenvalue weighted by Crippen LogP contribution is -2.49. The first-order valence-corrected chi connectivity index (χ1v) is 15.5. The number of benzene rings is 2. The molecule has 2 saturated heterocycles. The van der Waals surface area contributed by atoms with Gasteiger partial charge in [0.15, 0.2) is 11.5 Å². The van der Waals surface area contributed by atoms with E-state index in [0.717, 1.165) is 30.9 Å². The van der Waals surface area contributed by atoms with Crippen LogP contribution in [0.4, 0.5) is 11.4 Å². The highest BCUT2D eigenvalue weighted by Crippen LogP contribution is 2.34. The second kappa shape index (κ2) is 12.4. The Hall–Kier alpha value is -4.58. The molecule has 6 rings (SSSR count). The lowest BCUT2D eigenvalue weighted by molar-refractivity contribution is 0.0733. The number of nitrogens with one attached hydrogen (secondary N) is 2. The number of nitrogens with zero attached hydrogens (tertiary/aromatic N) is 5. The fraction of sp³-hybridized carbons (Fsp3) is 0.455. The molecule has 0 unspecified atom stereocenters. The van der Waals surface area contributed by atoms with Crippen molar-refractivity contribution in [3.8, 4) is 11.5 Å². The van der Waals surface area contributed by atoms with Gasteiger partial charge in [-0.1, -0.05) is 20.8 Å². The lowest BCUT2D eigenvalue weighted by Gasteiger charge is -2.37. The van der Waals surface area contributed by atoms with E-state index in [1.54, 1.807) is 36.0 Å². The summed E-state index contributed by atoms with van der Waals surface area (Å²) in [6.07, 6.45) is 0.886. The van der Waals surface area contributed by atoms with E-state index in [2.05, 4.69) is 41.4 Å². The van der Waals surface area contributed by atoms with E-state index in [-0.39, 0.29) is 29.9 Å². The Morgan fingerprint density at radius 2 is 1.56 bits per heavy atom. The van der Waals surface area contributed by atoms with Crippen molar-refractivity contribution in [2.24, 2.45) is 7.05 Å². The van der Waals surface area contributed by atoms with E-state index in [4.69, 9.17) is 9.47 Å². The lowest BCUT2D eigenvalue weighted by atomic mass is 9.92. The number of ether oxygens (including phenoxy) is 2. The Balaban J connectivity index is 1.22. The largest absolute Gasteiger partial charge is 0.454 e. The molecule has 12 heteroatoms. The summed E-state index contributed by atoms with van der Waals surface area (Å²) >= 11 is 0. The third-order valence-corrected chi connectivity index (χ3v) is 8.53. The maximum absolute atomic E-state index is 13.5. The fourth-order valence-electron chi connectivity index (χ4n) is 5.85. The number of aromatic nitrogens is 2. The molecule has 0 saturated carbocycles. The minimum Gasteiger partial charge on any atom is -0.454 e. The second-order valence-corrected chi connectivity index (χ2v) is 12.7. The maximum Gasteiger partial charge on any atom is 0.272 e. The van der Waals surface area contributed by atoms with Gasteiger partial charge in [-0.25, -0.2) is 0 Å². The maximum atomic E-state index is 13.5. The van der Waals surface area contributed by atoms with Gasteiger partial charge in [0.1, 0.15) is 5.69 Å². The van der Waals surface area contributed by atoms with Crippen LogP contribution in [0, 0.1) is 0 Å². The van der Waals surface area contributed by atoms with Crippen LogP contribution >= 0.6 is 0 Å². The molecule has 0 bridgehead atoms. The zero-order valence-corrected chi connectivity index (χ0v) is 26.4. The summed E-state index contributed by atoms with van der Waals surface area (Å²) < 4.78 is 12.5. The third kappa shape index (κ3) is 6.46. The minimum absolute atomic E-state index is 0.0515. The van der Waals surface area contributed by atoms with Crippen LogP contribution in [-0.2, 0) is 12.5 Å². The first-order chi connectivity index (χ1) is 21.6. The highest BCUT2D eigenvalue weighted by Gasteiger charge is 2.29. The number of carbonyl (C=O) groups is 3. The molecule has 0 aliphatic carbocycles. The molecule has 238 valence electrons. The van der Waals surface area contributed by atoms with Gasteiger partial charge in [-0.15, -0.1) is 0 Å². The topological polar surface area (TPSA) is 121 Å². The van der Waals surface area contributed by atoms with Gasteiger partial charge in [0.05, 0.1) is 17.1 Å². The number of fused-ring (bicyclic) bond motifs is 1. The van der Waals surface area contributed by atoms with Crippen molar-refractivity contribution in [1.29, 1.82) is 0 Å². The van der Waals surface area contributed by atoms with Gasteiger partial charge < -0.3 is 34.8 Å². The average Bonchev–Trinajstić information content (AvgIpc) is 3.57. The number of carbonyl (C=O) groups excluding carboxylic acids is 3. The summed E-state index contributed by atoms with van der Waals surface area (Å²) in [6.45, 7) is 11.4. The van der Waals surface area contributed by atoms with Crippen LogP contribution in [0.25, 0.3) is 0 Å². The zero-order valence-electron chi connectivity index (χ0n) is 26.4. The van der Waals surface area contributed by atoms with Crippen molar-refractivity contribution in [1.82, 2.24) is 24.9 Å². The van der Waals surface area contributed by atoms with Crippen LogP contribution in [-0.4, -0.2) is 96.5 Å². The van der Waals surface area contributed by atoms with Crippen LogP contribution in [0.2, 0.25) is 0 Å². The SMILES string of the molecule is Cn1nc(C(C)(C)C)cc1C(=O)N1CCN(c2ccc(C(=O)N3CCCNCC3)cc2NC(=O)c2ccc3c(c2)OCO3)CC1. The van der Waals surface area contributed by atoms with E-state index in [1.807, 2.05) is 28.0 Å². The quantitative estimate of drug-likeness (QED) is 0.449. The highest BCUT2D eigenvalue weighted by atomic mass is 16.7. The molecular formula is C33H41N7O5. The monoisotopic (exact) mass is 615 g/mol. The van der Waals surface area contributed by atoms with Crippen LogP contribution < -0.4 is 25.0 Å². The van der Waals surface area contributed by atoms with Crippen molar-refractivity contribution in [3.05, 3.63) is 65.0 Å². The molecule has 0 spiro atoms. The molecule has 0 radical (unpaired) electrons. The Morgan fingerprint density at radius 3 is 2.31 bits per heavy atom. The standard InChI is InChI=1S/C33H41N7O5/c1-33(2,3)29-20-26(37(4)36-29)32(43)40-16-14-38(15-17-40)25-8-6-23(31(42)39-12-5-10-34-11-13-39)18-24(25)35-30(41)22-7-9-27-28(19-22)45-21-44-27/h6-9,18-20,34H,5,10-17,21H2,1-4H3,(H,35,41). The molecule has 0 atom stereocenters. The molecule has 3 aliphatic rings. The minimum atomic E-state index is -0.321. The van der Waals surface area contributed by atoms with E-state index >= 15 is 0 Å². The van der Waals surface area contributed by atoms with Gasteiger partial charge in [-0.05, 0) is 55.4 Å². The molecule has 2 fully saturated rings. The molecular weight excluding hydrogens is 574 g/mol. The number of hydrogen-bond donors (Lipinski definition) is 2. The second-order valence-electron chi connectivity index (χ2n) is 12.7. The summed E-state index contributed by atoms with van der Waals surface area (Å²) in [4.78, 5) is 46.3. The average molecular weight is 616 g/mol. The summed E-state index contributed by atoms with van der Waals surface area (Å²) in [6, 6.07) is 12.4. The number of rotatable bonds is 5. The molecule has 12 nitrogen and oxygen atoms in total. The van der Waals surface area contributed by atoms with Gasteiger partial charge >= 0.3 is 0 Å². The molecule has 45 heavy (non-hydrogen) atoms. The number of amides is 3. The van der Waals surface area contributed by atoms with Gasteiger partial charge in [-0.2, -0.15) is 5.10 Å². The molecule has 3 aliphatic heterocycles. The van der Waals surface area contributed by atoms with E-state index in [1.165, 1.54) is 0 Å². The van der Waals surface area contributed by atoms with Gasteiger partial charge in [0.2, 0.25) is 6.79 Å². The van der Waals surface area contributed by atoms with Crippen molar-refractivity contribution in [2.75, 3.05) is 69.4 Å². The Morgan fingerprint density at radius 1 is 0.822 bits per heavy atom. The Bertz CT molecular complexity index is 1600. The van der Waals surface area contributed by atoms with Gasteiger partial charge in [0.25, 0.3) is 17.7 Å². The molecule has 4 heterocycles. The van der Waals surface area contributed by atoms with E-state index in [9.17, 15) is 14.4 Å². The van der Waals surface area contributed by atoms with E-state index in [0.29, 0.717) is 73.3 Å². The molecule has 1 aromatic heterocycles. The van der Waals surface area contributed by atoms with Crippen molar-refractivity contribution in [2.45, 2.75) is 32.6 Å². The Labute approximate surface area is 263 Å². The summed E-state index contributed by atoms with van der Waals surface area (Å²) in [7, 11) is 1.80. The molecule has 2 aromatic carbocycles. The summed E-state index contributed by atoms with van der Waals surface area (Å²) in [5.41, 5.74) is 3.55. The summed E-state index contributed by atoms with van der Waals surface area (Å²) in [5.74, 6) is 0.678. The van der Waals surface area contributed by atoms with Crippen molar-refractivity contribution < 1.29 is 23.9 Å². The van der Waals surface area contributed by atoms with Crippen LogP contribution in [0.1, 0.15) is 64.1 Å². The third-order valence-electron chi connectivity index (χ3n) is 8.53. The first-order valence-electron chi connectivity index (χ1n) is 15.5. The highest BCUT2D eigenvalue weighted by molar-refractivity contribution is 6.07. The zero-order chi connectivity index (χ0) is 31.7. The fourth-order valence-corrected chi connectivity index (χ4v) is 5.85. The smallest absolute Gasteiger partial charge is 0.272 e. The molecule has 3 aromatic rings. The van der Waals surface area contributed by atoms with Crippen LogP contribution in [0.5, 0.6) is 11.5 Å². The molecule has 3 amide bonds. The van der Waals surface area contributed by atoms with Crippen LogP contribution in [0.3, 0.4) is 0 Å². The van der Waals surface area contributed by atoms with Gasteiger partial charge in [0, 0.05) is 69.4 Å². The predicted octanol–water partition coefficient (Wildman–Crippen LogP) is 3.10. The number of hydrogen-bond acceptors (Lipinski definition) is 8. The number of piperazine rings is 1. The van der Waals surface area contributed by atoms with E-state index < -0.39 is 0 Å². The normalized spacial score (nSPS) is 16.8. The van der Waals surface area contributed by atoms with Crippen LogP contribution in [0.15, 0.2) is 42.5 Å². The first kappa shape index (κ1) is 30.4. The Kier molecular flexibility index (Phi) is 8.41. The number of anilines is 2. The number of aryl methyl sites for hydroxylation is 1. The molecule has 2 N–H and O–H groups in total. The predicted molar refractivity (Wildman–Crippen MR) is 170 cm³/mol. The summed E-state index contributed by atoms with van der Waals surface area (Å²) in [5, 5.41) is 11.0.